The Morgan fingerprint density at radius 2 is 1.79 bits per heavy atom. The highest BCUT2D eigenvalue weighted by atomic mass is 16.3. The number of hydrogen-bond donors (Lipinski definition) is 3. The maximum absolute atomic E-state index is 10.1. The zero-order chi connectivity index (χ0) is 13.1. The van der Waals surface area contributed by atoms with Crippen LogP contribution in [0.3, 0.4) is 0 Å². The van der Waals surface area contributed by atoms with Gasteiger partial charge in [0.2, 0.25) is 0 Å². The molecule has 2 aliphatic heterocycles. The Morgan fingerprint density at radius 1 is 1.05 bits per heavy atom. The Kier molecular flexibility index (Phi) is 3.87. The molecule has 0 bridgehead atoms. The van der Waals surface area contributed by atoms with Crippen LogP contribution in [-0.4, -0.2) is 30.6 Å². The molecule has 1 saturated heterocycles. The number of hydrogen-bond acceptors (Lipinski definition) is 4. The molecule has 2 fully saturated rings. The van der Waals surface area contributed by atoms with Crippen molar-refractivity contribution in [3.8, 4) is 0 Å². The van der Waals surface area contributed by atoms with Gasteiger partial charge in [-0.1, -0.05) is 19.3 Å². The molecule has 1 unspecified atom stereocenters. The van der Waals surface area contributed by atoms with Crippen LogP contribution >= 0.6 is 0 Å². The minimum Gasteiger partial charge on any atom is -0.371 e. The fourth-order valence-electron chi connectivity index (χ4n) is 3.21. The molecule has 1 atom stereocenters. The Morgan fingerprint density at radius 3 is 2.53 bits per heavy atom. The number of nitrogens with one attached hydrogen (secondary N) is 2. The molecule has 104 valence electrons. The van der Waals surface area contributed by atoms with Crippen LogP contribution in [-0.2, 0) is 0 Å². The fourth-order valence-corrected chi connectivity index (χ4v) is 3.21. The summed E-state index contributed by atoms with van der Waals surface area (Å²) in [6.07, 6.45) is 10.7. The van der Waals surface area contributed by atoms with Crippen LogP contribution in [0.5, 0.6) is 0 Å². The van der Waals surface area contributed by atoms with E-state index >= 15 is 0 Å². The third-order valence-corrected chi connectivity index (χ3v) is 4.30. The second-order valence-electron chi connectivity index (χ2n) is 5.67. The predicted octanol–water partition coefficient (Wildman–Crippen LogP) is 1.69. The zero-order valence-electron chi connectivity index (χ0n) is 11.4. The van der Waals surface area contributed by atoms with Gasteiger partial charge in [-0.25, -0.2) is 0 Å². The maximum atomic E-state index is 10.1. The molecule has 2 heterocycles. The minimum absolute atomic E-state index is 0.514. The Balaban J connectivity index is 1.82. The number of allylic oxidation sites excluding steroid dienone is 2. The van der Waals surface area contributed by atoms with Gasteiger partial charge in [-0.2, -0.15) is 0 Å². The standard InChI is InChI=1S/C15H23N3O/c19-15-13(11-5-2-1-3-6-11)9-12(10-18-15)14-16-7-4-8-17-14/h9-11,15-17,19H,1-8H2. The van der Waals surface area contributed by atoms with E-state index in [1.54, 1.807) is 6.21 Å². The Hall–Kier alpha value is -1.29. The summed E-state index contributed by atoms with van der Waals surface area (Å²) < 4.78 is 0. The summed E-state index contributed by atoms with van der Waals surface area (Å²) in [6.45, 7) is 2.02. The molecular formula is C15H23N3O. The van der Waals surface area contributed by atoms with Crippen LogP contribution in [0.2, 0.25) is 0 Å². The second-order valence-corrected chi connectivity index (χ2v) is 5.67. The van der Waals surface area contributed by atoms with E-state index in [-0.39, 0.29) is 0 Å². The zero-order valence-corrected chi connectivity index (χ0v) is 11.4. The van der Waals surface area contributed by atoms with E-state index < -0.39 is 6.23 Å². The lowest BCUT2D eigenvalue weighted by atomic mass is 9.81. The van der Waals surface area contributed by atoms with Crippen LogP contribution in [0.1, 0.15) is 38.5 Å². The average Bonchev–Trinajstić information content (AvgIpc) is 2.49. The van der Waals surface area contributed by atoms with E-state index in [1.807, 2.05) is 0 Å². The van der Waals surface area contributed by atoms with Gasteiger partial charge in [-0.15, -0.1) is 0 Å². The number of aliphatic hydroxyl groups is 1. The molecule has 4 nitrogen and oxygen atoms in total. The smallest absolute Gasteiger partial charge is 0.167 e. The summed E-state index contributed by atoms with van der Waals surface area (Å²) in [4.78, 5) is 4.27. The molecule has 0 spiro atoms. The molecule has 0 radical (unpaired) electrons. The van der Waals surface area contributed by atoms with Gasteiger partial charge in [0.15, 0.2) is 6.23 Å². The fraction of sp³-hybridized carbons (Fsp3) is 0.667. The van der Waals surface area contributed by atoms with E-state index in [1.165, 1.54) is 32.1 Å². The van der Waals surface area contributed by atoms with Crippen LogP contribution in [0, 0.1) is 5.92 Å². The third kappa shape index (κ3) is 2.84. The van der Waals surface area contributed by atoms with Gasteiger partial charge in [0.1, 0.15) is 5.82 Å². The van der Waals surface area contributed by atoms with Crippen molar-refractivity contribution in [2.75, 3.05) is 13.1 Å². The number of rotatable bonds is 1. The van der Waals surface area contributed by atoms with Gasteiger partial charge in [0.05, 0.1) is 0 Å². The first-order chi connectivity index (χ1) is 9.34. The first-order valence-electron chi connectivity index (χ1n) is 7.49. The van der Waals surface area contributed by atoms with E-state index in [9.17, 15) is 5.11 Å². The minimum atomic E-state index is -0.629. The molecule has 3 N–H and O–H groups in total. The summed E-state index contributed by atoms with van der Waals surface area (Å²) in [6, 6.07) is 0. The second kappa shape index (κ2) is 5.78. The van der Waals surface area contributed by atoms with Crippen LogP contribution in [0.4, 0.5) is 0 Å². The summed E-state index contributed by atoms with van der Waals surface area (Å²) in [5.41, 5.74) is 2.20. The molecule has 0 aromatic carbocycles. The number of dihydropyridines is 1. The van der Waals surface area contributed by atoms with Gasteiger partial charge >= 0.3 is 0 Å². The lowest BCUT2D eigenvalue weighted by molar-refractivity contribution is 0.197. The molecule has 0 aromatic heterocycles. The van der Waals surface area contributed by atoms with E-state index in [0.29, 0.717) is 5.92 Å². The van der Waals surface area contributed by atoms with Crippen molar-refractivity contribution in [2.24, 2.45) is 10.9 Å². The highest BCUT2D eigenvalue weighted by Crippen LogP contribution is 2.33. The molecular weight excluding hydrogens is 238 g/mol. The molecule has 3 aliphatic rings. The Labute approximate surface area is 114 Å². The summed E-state index contributed by atoms with van der Waals surface area (Å²) in [5.74, 6) is 1.58. The van der Waals surface area contributed by atoms with Gasteiger partial charge in [0.25, 0.3) is 0 Å². The monoisotopic (exact) mass is 261 g/mol. The van der Waals surface area contributed by atoms with Gasteiger partial charge in [-0.05, 0) is 36.8 Å². The van der Waals surface area contributed by atoms with Gasteiger partial charge in [-0.3, -0.25) is 4.99 Å². The number of aliphatic imine (C=N–C) groups is 1. The number of nitrogens with zero attached hydrogens (tertiary/aromatic N) is 1. The van der Waals surface area contributed by atoms with E-state index in [0.717, 1.165) is 36.5 Å². The molecule has 3 rings (SSSR count). The largest absolute Gasteiger partial charge is 0.371 e. The van der Waals surface area contributed by atoms with Crippen molar-refractivity contribution in [1.29, 1.82) is 0 Å². The molecule has 1 saturated carbocycles. The topological polar surface area (TPSA) is 56.7 Å². The van der Waals surface area contributed by atoms with E-state index in [2.05, 4.69) is 21.7 Å². The highest BCUT2D eigenvalue weighted by Gasteiger charge is 2.25. The van der Waals surface area contributed by atoms with Crippen molar-refractivity contribution >= 4 is 6.21 Å². The molecule has 1 aliphatic carbocycles. The molecule has 0 aromatic rings. The van der Waals surface area contributed by atoms with Crippen LogP contribution in [0.25, 0.3) is 0 Å². The summed E-state index contributed by atoms with van der Waals surface area (Å²) in [5, 5.41) is 16.9. The summed E-state index contributed by atoms with van der Waals surface area (Å²) in [7, 11) is 0. The van der Waals surface area contributed by atoms with Crippen molar-refractivity contribution in [1.82, 2.24) is 10.6 Å². The first-order valence-corrected chi connectivity index (χ1v) is 7.49. The van der Waals surface area contributed by atoms with E-state index in [4.69, 9.17) is 0 Å². The van der Waals surface area contributed by atoms with Gasteiger partial charge in [0, 0.05) is 24.9 Å². The lowest BCUT2D eigenvalue weighted by Gasteiger charge is -2.29. The maximum Gasteiger partial charge on any atom is 0.167 e. The van der Waals surface area contributed by atoms with Crippen molar-refractivity contribution < 1.29 is 5.11 Å². The molecule has 4 heteroatoms. The van der Waals surface area contributed by atoms with Crippen LogP contribution < -0.4 is 10.6 Å². The van der Waals surface area contributed by atoms with Crippen molar-refractivity contribution in [2.45, 2.75) is 44.8 Å². The van der Waals surface area contributed by atoms with Crippen LogP contribution in [0.15, 0.2) is 28.0 Å². The van der Waals surface area contributed by atoms with Crippen molar-refractivity contribution in [3.05, 3.63) is 23.0 Å². The first kappa shape index (κ1) is 12.7. The number of aliphatic hydroxyl groups excluding tert-OH is 1. The third-order valence-electron chi connectivity index (χ3n) is 4.30. The normalized spacial score (nSPS) is 28.7. The molecule has 19 heavy (non-hydrogen) atoms. The average molecular weight is 261 g/mol. The molecule has 0 amide bonds. The highest BCUT2D eigenvalue weighted by molar-refractivity contribution is 5.85. The Bertz CT molecular complexity index is 411. The SMILES string of the molecule is OC1N=CC(=C2NCCCN2)C=C1C1CCCCC1. The quantitative estimate of drug-likeness (QED) is 0.673. The summed E-state index contributed by atoms with van der Waals surface area (Å²) >= 11 is 0. The lowest BCUT2D eigenvalue weighted by Crippen LogP contribution is -2.37. The van der Waals surface area contributed by atoms with Crippen molar-refractivity contribution in [3.63, 3.8) is 0 Å². The van der Waals surface area contributed by atoms with Gasteiger partial charge < -0.3 is 15.7 Å². The predicted molar refractivity (Wildman–Crippen MR) is 76.8 cm³/mol.